The van der Waals surface area contributed by atoms with Gasteiger partial charge < -0.3 is 9.52 Å². The molecule has 2 aromatic rings. The quantitative estimate of drug-likeness (QED) is 0.824. The van der Waals surface area contributed by atoms with Gasteiger partial charge in [0.2, 0.25) is 0 Å². The maximum atomic E-state index is 13.2. The van der Waals surface area contributed by atoms with Crippen LogP contribution in [-0.2, 0) is 0 Å². The summed E-state index contributed by atoms with van der Waals surface area (Å²) in [5.41, 5.74) is 0.0439. The van der Waals surface area contributed by atoms with Gasteiger partial charge in [0, 0.05) is 5.39 Å². The van der Waals surface area contributed by atoms with Crippen molar-refractivity contribution < 1.29 is 18.7 Å². The van der Waals surface area contributed by atoms with Crippen LogP contribution >= 0.6 is 22.6 Å². The molecule has 1 heterocycles. The molecule has 0 unspecified atom stereocenters. The van der Waals surface area contributed by atoms with Crippen LogP contribution < -0.4 is 0 Å². The predicted octanol–water partition coefficient (Wildman–Crippen LogP) is 2.87. The minimum absolute atomic E-state index is 0.293. The minimum Gasteiger partial charge on any atom is -0.478 e. The number of aromatic carboxylic acids is 1. The monoisotopic (exact) mass is 306 g/mol. The number of carbonyl (C=O) groups is 1. The lowest BCUT2D eigenvalue weighted by Crippen LogP contribution is -2.00. The summed E-state index contributed by atoms with van der Waals surface area (Å²) in [6.45, 7) is 0. The van der Waals surface area contributed by atoms with Crippen molar-refractivity contribution >= 4 is 39.5 Å². The Morgan fingerprint density at radius 2 is 2.21 bits per heavy atom. The number of hydrogen-bond donors (Lipinski definition) is 1. The Hall–Kier alpha value is -1.11. The highest BCUT2D eigenvalue weighted by Crippen LogP contribution is 2.26. The van der Waals surface area contributed by atoms with Crippen molar-refractivity contribution in [3.63, 3.8) is 0 Å². The number of halogens is 2. The van der Waals surface area contributed by atoms with Crippen LogP contribution in [0.4, 0.5) is 4.39 Å². The fourth-order valence-corrected chi connectivity index (χ4v) is 1.82. The van der Waals surface area contributed by atoms with E-state index in [1.165, 1.54) is 12.1 Å². The van der Waals surface area contributed by atoms with E-state index in [1.54, 1.807) is 0 Å². The Labute approximate surface area is 91.7 Å². The Morgan fingerprint density at radius 3 is 2.86 bits per heavy atom. The summed E-state index contributed by atoms with van der Waals surface area (Å²) in [4.78, 5) is 10.8. The molecule has 0 aliphatic rings. The van der Waals surface area contributed by atoms with Gasteiger partial charge in [-0.05, 0) is 40.8 Å². The lowest BCUT2D eigenvalue weighted by atomic mass is 10.1. The third-order valence-electron chi connectivity index (χ3n) is 1.83. The molecule has 0 fully saturated rings. The average Bonchev–Trinajstić information content (AvgIpc) is 2.43. The second-order valence-corrected chi connectivity index (χ2v) is 3.75. The van der Waals surface area contributed by atoms with E-state index in [1.807, 2.05) is 22.6 Å². The molecule has 1 N–H and O–H groups in total. The van der Waals surface area contributed by atoms with E-state index >= 15 is 0 Å². The number of carboxylic acid groups (broad SMARTS) is 1. The first-order chi connectivity index (χ1) is 6.59. The van der Waals surface area contributed by atoms with Crippen molar-refractivity contribution in [1.82, 2.24) is 0 Å². The normalized spacial score (nSPS) is 10.7. The molecule has 0 aliphatic carbocycles. The van der Waals surface area contributed by atoms with E-state index < -0.39 is 11.8 Å². The van der Waals surface area contributed by atoms with E-state index in [0.717, 1.165) is 6.07 Å². The zero-order valence-electron chi connectivity index (χ0n) is 6.75. The summed E-state index contributed by atoms with van der Waals surface area (Å²) in [5, 5.41) is 9.08. The molecule has 0 atom stereocenters. The van der Waals surface area contributed by atoms with Crippen molar-refractivity contribution in [1.29, 1.82) is 0 Å². The molecular weight excluding hydrogens is 302 g/mol. The van der Waals surface area contributed by atoms with Crippen LogP contribution in [0.25, 0.3) is 11.0 Å². The largest absolute Gasteiger partial charge is 0.478 e. The van der Waals surface area contributed by atoms with Gasteiger partial charge in [-0.2, -0.15) is 0 Å². The van der Waals surface area contributed by atoms with Gasteiger partial charge in [-0.15, -0.1) is 0 Å². The van der Waals surface area contributed by atoms with Gasteiger partial charge in [-0.3, -0.25) is 0 Å². The molecule has 0 radical (unpaired) electrons. The topological polar surface area (TPSA) is 50.4 Å². The van der Waals surface area contributed by atoms with E-state index in [2.05, 4.69) is 0 Å². The molecule has 5 heteroatoms. The second kappa shape index (κ2) is 3.23. The molecular formula is C9H4FIO3. The van der Waals surface area contributed by atoms with Crippen molar-refractivity contribution in [2.45, 2.75) is 0 Å². The second-order valence-electron chi connectivity index (χ2n) is 2.69. The van der Waals surface area contributed by atoms with Crippen LogP contribution in [0.2, 0.25) is 0 Å². The Bertz CT molecular complexity index is 518. The summed E-state index contributed by atoms with van der Waals surface area (Å²) in [6.07, 6.45) is 0. The fraction of sp³-hybridized carbons (Fsp3) is 0. The fourth-order valence-electron chi connectivity index (χ4n) is 1.27. The van der Waals surface area contributed by atoms with Crippen LogP contribution in [0.3, 0.4) is 0 Å². The lowest BCUT2D eigenvalue weighted by Gasteiger charge is -1.97. The zero-order chi connectivity index (χ0) is 10.3. The molecule has 72 valence electrons. The van der Waals surface area contributed by atoms with E-state index in [0.29, 0.717) is 14.7 Å². The number of carboxylic acids is 1. The number of rotatable bonds is 1. The number of fused-ring (bicyclic) bond motifs is 1. The summed E-state index contributed by atoms with van der Waals surface area (Å²) in [6, 6.07) is 4.01. The van der Waals surface area contributed by atoms with Gasteiger partial charge in [0.25, 0.3) is 0 Å². The van der Waals surface area contributed by atoms with E-state index in [4.69, 9.17) is 9.52 Å². The van der Waals surface area contributed by atoms with Gasteiger partial charge in [-0.1, -0.05) is 0 Å². The standard InChI is InChI=1S/C9H4FIO3/c10-5-1-2-6-4(3-7(11)14-6)8(5)9(12)13/h1-3H,(H,12,13). The molecule has 3 nitrogen and oxygen atoms in total. The molecule has 0 saturated heterocycles. The first-order valence-electron chi connectivity index (χ1n) is 3.70. The van der Waals surface area contributed by atoms with Crippen molar-refractivity contribution in [2.24, 2.45) is 0 Å². The van der Waals surface area contributed by atoms with Crippen LogP contribution in [0.15, 0.2) is 22.6 Å². The lowest BCUT2D eigenvalue weighted by molar-refractivity contribution is 0.0694. The van der Waals surface area contributed by atoms with Crippen molar-refractivity contribution in [3.8, 4) is 0 Å². The van der Waals surface area contributed by atoms with E-state index in [9.17, 15) is 9.18 Å². The third-order valence-corrected chi connectivity index (χ3v) is 2.37. The highest BCUT2D eigenvalue weighted by atomic mass is 127. The molecule has 1 aromatic heterocycles. The van der Waals surface area contributed by atoms with Crippen molar-refractivity contribution in [3.05, 3.63) is 33.3 Å². The number of furan rings is 1. The maximum absolute atomic E-state index is 13.2. The third kappa shape index (κ3) is 1.37. The first kappa shape index (κ1) is 9.45. The highest BCUT2D eigenvalue weighted by molar-refractivity contribution is 14.1. The Morgan fingerprint density at radius 1 is 1.50 bits per heavy atom. The summed E-state index contributed by atoms with van der Waals surface area (Å²) in [5.74, 6) is -2.03. The molecule has 0 amide bonds. The van der Waals surface area contributed by atoms with Gasteiger partial charge >= 0.3 is 5.97 Å². The molecule has 0 aliphatic heterocycles. The van der Waals surface area contributed by atoms with Gasteiger partial charge in [0.1, 0.15) is 17.0 Å². The molecule has 14 heavy (non-hydrogen) atoms. The summed E-state index contributed by atoms with van der Waals surface area (Å²) >= 11 is 1.90. The van der Waals surface area contributed by atoms with Gasteiger partial charge in [0.15, 0.2) is 3.77 Å². The molecule has 0 spiro atoms. The van der Waals surface area contributed by atoms with Crippen LogP contribution in [0.5, 0.6) is 0 Å². The highest BCUT2D eigenvalue weighted by Gasteiger charge is 2.17. The number of hydrogen-bond acceptors (Lipinski definition) is 2. The summed E-state index contributed by atoms with van der Waals surface area (Å²) < 4.78 is 18.9. The molecule has 0 saturated carbocycles. The molecule has 2 rings (SSSR count). The number of benzene rings is 1. The smallest absolute Gasteiger partial charge is 0.339 e. The molecule has 0 bridgehead atoms. The van der Waals surface area contributed by atoms with Crippen LogP contribution in [-0.4, -0.2) is 11.1 Å². The molecule has 1 aromatic carbocycles. The van der Waals surface area contributed by atoms with Crippen LogP contribution in [0, 0.1) is 9.58 Å². The van der Waals surface area contributed by atoms with Gasteiger partial charge in [-0.25, -0.2) is 9.18 Å². The zero-order valence-corrected chi connectivity index (χ0v) is 8.91. The Kier molecular flexibility index (Phi) is 2.18. The first-order valence-corrected chi connectivity index (χ1v) is 4.78. The van der Waals surface area contributed by atoms with Crippen LogP contribution in [0.1, 0.15) is 10.4 Å². The Balaban J connectivity index is 2.88. The van der Waals surface area contributed by atoms with Crippen molar-refractivity contribution in [2.75, 3.05) is 0 Å². The average molecular weight is 306 g/mol. The van der Waals surface area contributed by atoms with E-state index in [-0.39, 0.29) is 5.56 Å². The maximum Gasteiger partial charge on any atom is 0.339 e. The van der Waals surface area contributed by atoms with Gasteiger partial charge in [0.05, 0.1) is 0 Å². The summed E-state index contributed by atoms with van der Waals surface area (Å²) in [7, 11) is 0. The SMILES string of the molecule is O=C(O)c1c(F)ccc2oc(I)cc12. The predicted molar refractivity (Wildman–Crippen MR) is 55.8 cm³/mol. The minimum atomic E-state index is -1.29.